The van der Waals surface area contributed by atoms with Gasteiger partial charge in [0.1, 0.15) is 5.82 Å². The van der Waals surface area contributed by atoms with E-state index in [0.717, 1.165) is 23.3 Å². The van der Waals surface area contributed by atoms with Crippen LogP contribution in [0.5, 0.6) is 0 Å². The molecule has 4 rings (SSSR count). The van der Waals surface area contributed by atoms with Gasteiger partial charge >= 0.3 is 5.97 Å². The molecule has 2 heterocycles. The van der Waals surface area contributed by atoms with Crippen LogP contribution in [0.3, 0.4) is 0 Å². The lowest BCUT2D eigenvalue weighted by molar-refractivity contribution is -0.131. The van der Waals surface area contributed by atoms with E-state index in [2.05, 4.69) is 10.3 Å². The zero-order valence-corrected chi connectivity index (χ0v) is 16.4. The summed E-state index contributed by atoms with van der Waals surface area (Å²) in [4.78, 5) is 39.9. The molecule has 0 fully saturated rings. The molecule has 8 heteroatoms. The number of nitrogens with one attached hydrogen (secondary N) is 1. The molecule has 0 saturated carbocycles. The van der Waals surface area contributed by atoms with Gasteiger partial charge in [0, 0.05) is 29.4 Å². The van der Waals surface area contributed by atoms with E-state index in [1.54, 1.807) is 28.8 Å². The number of amides is 1. The minimum Gasteiger partial charge on any atom is -0.478 e. The molecule has 1 aliphatic rings. The average Bonchev–Trinajstić information content (AvgIpc) is 3.09. The second-order valence-electron chi connectivity index (χ2n) is 6.76. The van der Waals surface area contributed by atoms with E-state index in [9.17, 15) is 14.4 Å². The maximum absolute atomic E-state index is 12.9. The Balaban J connectivity index is 1.72. The number of carbonyl (C=O) groups excluding carboxylic acids is 1. The van der Waals surface area contributed by atoms with E-state index in [4.69, 9.17) is 16.7 Å². The van der Waals surface area contributed by atoms with Crippen molar-refractivity contribution < 1.29 is 14.7 Å². The Bertz CT molecular complexity index is 1310. The molecule has 7 nitrogen and oxygen atoms in total. The molecule has 3 aromatic rings. The van der Waals surface area contributed by atoms with Gasteiger partial charge in [0.2, 0.25) is 5.91 Å². The number of aromatic nitrogens is 2. The number of fused-ring (bicyclic) bond motifs is 2. The summed E-state index contributed by atoms with van der Waals surface area (Å²) in [7, 11) is 0. The van der Waals surface area contributed by atoms with Gasteiger partial charge in [-0.25, -0.2) is 9.78 Å². The molecular weight excluding hydrogens is 406 g/mol. The van der Waals surface area contributed by atoms with E-state index < -0.39 is 11.9 Å². The first-order chi connectivity index (χ1) is 14.4. The minimum atomic E-state index is -1.21. The smallest absolute Gasteiger partial charge is 0.328 e. The maximum atomic E-state index is 12.9. The lowest BCUT2D eigenvalue weighted by Gasteiger charge is -2.08. The van der Waals surface area contributed by atoms with Crippen LogP contribution in [-0.2, 0) is 16.1 Å². The number of aliphatic carboxylic acids is 1. The van der Waals surface area contributed by atoms with Crippen molar-refractivity contribution in [2.45, 2.75) is 13.0 Å². The molecule has 0 saturated heterocycles. The first-order valence-corrected chi connectivity index (χ1v) is 9.51. The van der Waals surface area contributed by atoms with E-state index >= 15 is 0 Å². The van der Waals surface area contributed by atoms with Crippen molar-refractivity contribution in [2.75, 3.05) is 5.32 Å². The first-order valence-electron chi connectivity index (χ1n) is 9.14. The third-order valence-corrected chi connectivity index (χ3v) is 4.92. The van der Waals surface area contributed by atoms with Crippen LogP contribution in [0.2, 0.25) is 5.02 Å². The summed E-state index contributed by atoms with van der Waals surface area (Å²) in [6.07, 6.45) is 4.31. The van der Waals surface area contributed by atoms with E-state index in [1.807, 2.05) is 24.3 Å². The van der Waals surface area contributed by atoms with Crippen LogP contribution < -0.4 is 10.9 Å². The van der Waals surface area contributed by atoms with Gasteiger partial charge in [0.15, 0.2) is 0 Å². The average molecular weight is 422 g/mol. The van der Waals surface area contributed by atoms with Gasteiger partial charge in [0.05, 0.1) is 10.9 Å². The Morgan fingerprint density at radius 3 is 2.77 bits per heavy atom. The van der Waals surface area contributed by atoms with Gasteiger partial charge in [-0.1, -0.05) is 23.7 Å². The molecule has 1 aliphatic heterocycles. The molecule has 0 aliphatic carbocycles. The van der Waals surface area contributed by atoms with Crippen molar-refractivity contribution in [2.24, 2.45) is 0 Å². The largest absolute Gasteiger partial charge is 0.478 e. The first kappa shape index (κ1) is 19.6. The number of carboxylic acids is 1. The van der Waals surface area contributed by atoms with E-state index in [-0.39, 0.29) is 5.56 Å². The second-order valence-corrected chi connectivity index (χ2v) is 7.20. The summed E-state index contributed by atoms with van der Waals surface area (Å²) in [6, 6.07) is 12.2. The lowest BCUT2D eigenvalue weighted by atomic mass is 10.1. The highest BCUT2D eigenvalue weighted by Gasteiger charge is 2.21. The molecule has 30 heavy (non-hydrogen) atoms. The molecule has 0 spiro atoms. The SMILES string of the molecule is O=C(O)/C=C/C(=O)Nc1ccc2c(=O)n3c(nc2c1)C(=Cc1cccc(Cl)c1)CC3. The van der Waals surface area contributed by atoms with Crippen LogP contribution in [0.1, 0.15) is 17.8 Å². The Morgan fingerprint density at radius 2 is 2.00 bits per heavy atom. The molecule has 2 aromatic carbocycles. The third kappa shape index (κ3) is 4.01. The van der Waals surface area contributed by atoms with Gasteiger partial charge in [-0.05, 0) is 54.0 Å². The van der Waals surface area contributed by atoms with Crippen LogP contribution in [0.4, 0.5) is 5.69 Å². The number of hydrogen-bond acceptors (Lipinski definition) is 4. The van der Waals surface area contributed by atoms with Gasteiger partial charge in [0.25, 0.3) is 5.56 Å². The summed E-state index contributed by atoms with van der Waals surface area (Å²) < 4.78 is 1.65. The van der Waals surface area contributed by atoms with Crippen molar-refractivity contribution in [3.8, 4) is 0 Å². The maximum Gasteiger partial charge on any atom is 0.328 e. The Morgan fingerprint density at radius 1 is 1.17 bits per heavy atom. The third-order valence-electron chi connectivity index (χ3n) is 4.68. The van der Waals surface area contributed by atoms with E-state index in [1.165, 1.54) is 0 Å². The van der Waals surface area contributed by atoms with Crippen LogP contribution in [0, 0.1) is 0 Å². The summed E-state index contributed by atoms with van der Waals surface area (Å²) in [6.45, 7) is 0.544. The molecule has 0 radical (unpaired) electrons. The van der Waals surface area contributed by atoms with Crippen molar-refractivity contribution >= 4 is 51.7 Å². The van der Waals surface area contributed by atoms with Crippen molar-refractivity contribution in [3.63, 3.8) is 0 Å². The number of benzene rings is 2. The Kier molecular flexibility index (Phi) is 5.20. The number of anilines is 1. The quantitative estimate of drug-likeness (QED) is 0.627. The van der Waals surface area contributed by atoms with Crippen molar-refractivity contribution in [1.29, 1.82) is 0 Å². The number of halogens is 1. The topological polar surface area (TPSA) is 101 Å². The standard InChI is InChI=1S/C22H16ClN3O4/c23-15-3-1-2-13(11-15)10-14-8-9-26-21(14)25-18-12-16(4-5-17(18)22(26)30)24-19(27)6-7-20(28)29/h1-7,10-12H,8-9H2,(H,24,27)(H,28,29)/b7-6+,14-10?. The predicted molar refractivity (Wildman–Crippen MR) is 115 cm³/mol. The summed E-state index contributed by atoms with van der Waals surface area (Å²) in [5, 5.41) is 12.3. The van der Waals surface area contributed by atoms with Crippen molar-refractivity contribution in [3.05, 3.63) is 81.4 Å². The molecule has 1 amide bonds. The zero-order valence-electron chi connectivity index (χ0n) is 15.6. The normalized spacial score (nSPS) is 14.4. The monoisotopic (exact) mass is 421 g/mol. The number of carboxylic acid groups (broad SMARTS) is 1. The number of hydrogen-bond donors (Lipinski definition) is 2. The molecule has 0 atom stereocenters. The van der Waals surface area contributed by atoms with Crippen molar-refractivity contribution in [1.82, 2.24) is 9.55 Å². The Hall–Kier alpha value is -3.71. The molecule has 1 aromatic heterocycles. The molecule has 0 bridgehead atoms. The highest BCUT2D eigenvalue weighted by atomic mass is 35.5. The minimum absolute atomic E-state index is 0.145. The van der Waals surface area contributed by atoms with Gasteiger partial charge in [-0.3, -0.25) is 14.2 Å². The fourth-order valence-corrected chi connectivity index (χ4v) is 3.56. The molecule has 0 unspecified atom stereocenters. The van der Waals surface area contributed by atoms with Gasteiger partial charge in [-0.2, -0.15) is 0 Å². The number of rotatable bonds is 4. The Labute approximate surface area is 175 Å². The fourth-order valence-electron chi connectivity index (χ4n) is 3.36. The van der Waals surface area contributed by atoms with Crippen LogP contribution in [0.15, 0.2) is 59.4 Å². The van der Waals surface area contributed by atoms with Crippen LogP contribution >= 0.6 is 11.6 Å². The molecule has 150 valence electrons. The molecule has 2 N–H and O–H groups in total. The highest BCUT2D eigenvalue weighted by molar-refractivity contribution is 6.30. The van der Waals surface area contributed by atoms with Crippen LogP contribution in [-0.4, -0.2) is 26.5 Å². The lowest BCUT2D eigenvalue weighted by Crippen LogP contribution is -2.21. The number of carbonyl (C=O) groups is 2. The van der Waals surface area contributed by atoms with Gasteiger partial charge in [-0.15, -0.1) is 0 Å². The molecular formula is C22H16ClN3O4. The fraction of sp³-hybridized carbons (Fsp3) is 0.0909. The second kappa shape index (κ2) is 7.96. The van der Waals surface area contributed by atoms with Gasteiger partial charge < -0.3 is 10.4 Å². The predicted octanol–water partition coefficient (Wildman–Crippen LogP) is 3.57. The highest BCUT2D eigenvalue weighted by Crippen LogP contribution is 2.28. The summed E-state index contributed by atoms with van der Waals surface area (Å²) in [5.41, 5.74) is 2.57. The zero-order chi connectivity index (χ0) is 21.3. The van der Waals surface area contributed by atoms with E-state index in [0.29, 0.717) is 40.4 Å². The number of nitrogens with zero attached hydrogens (tertiary/aromatic N) is 2. The summed E-state index contributed by atoms with van der Waals surface area (Å²) in [5.74, 6) is -1.22. The number of allylic oxidation sites excluding steroid dienone is 1. The summed E-state index contributed by atoms with van der Waals surface area (Å²) >= 11 is 6.06. The van der Waals surface area contributed by atoms with Crippen LogP contribution in [0.25, 0.3) is 22.6 Å².